The van der Waals surface area contributed by atoms with Gasteiger partial charge in [0.25, 0.3) is 0 Å². The number of nitrogens with one attached hydrogen (secondary N) is 3. The van der Waals surface area contributed by atoms with E-state index in [-0.39, 0.29) is 43.4 Å². The van der Waals surface area contributed by atoms with Crippen molar-refractivity contribution in [3.05, 3.63) is 58.6 Å². The first kappa shape index (κ1) is 42.4. The molecule has 1 atom stereocenters. The summed E-state index contributed by atoms with van der Waals surface area (Å²) in [6.07, 6.45) is 2.14. The maximum atomic E-state index is 11.3. The van der Waals surface area contributed by atoms with Gasteiger partial charge in [-0.25, -0.2) is 0 Å². The van der Waals surface area contributed by atoms with E-state index >= 15 is 0 Å². The van der Waals surface area contributed by atoms with Crippen LogP contribution in [0.15, 0.2) is 68.5 Å². The normalized spacial score (nSPS) is 13.2. The van der Waals surface area contributed by atoms with Crippen molar-refractivity contribution >= 4 is 70.3 Å². The van der Waals surface area contributed by atoms with Crippen molar-refractivity contribution in [3.8, 4) is 0 Å². The summed E-state index contributed by atoms with van der Waals surface area (Å²) in [4.78, 5) is 37.9. The van der Waals surface area contributed by atoms with Crippen LogP contribution < -0.4 is 38.9 Å². The average molecular weight is 725 g/mol. The molecular weight excluding hydrogens is 677 g/mol. The molecule has 0 aliphatic heterocycles. The number of carbonyl (C=O) groups excluding carboxylic acids is 1. The summed E-state index contributed by atoms with van der Waals surface area (Å²) in [5.74, 6) is -1.13. The second kappa shape index (κ2) is 22.8. The topological polar surface area (TPSA) is 284 Å². The van der Waals surface area contributed by atoms with Gasteiger partial charge in [-0.3, -0.25) is 19.6 Å². The molecule has 0 saturated carbocycles. The molecule has 0 aromatic heterocycles. The smallest absolute Gasteiger partial charge is 0.305 e. The van der Waals surface area contributed by atoms with Gasteiger partial charge in [-0.05, 0) is 61.4 Å². The van der Waals surface area contributed by atoms with Crippen LogP contribution >= 0.6 is 23.2 Å². The largest absolute Gasteiger partial charge is 0.481 e. The van der Waals surface area contributed by atoms with Gasteiger partial charge in [0.05, 0.1) is 13.0 Å². The van der Waals surface area contributed by atoms with E-state index in [9.17, 15) is 14.7 Å². The lowest BCUT2D eigenvalue weighted by Crippen LogP contribution is -2.45. The maximum Gasteiger partial charge on any atom is 0.305 e. The van der Waals surface area contributed by atoms with E-state index in [4.69, 9.17) is 56.3 Å². The molecule has 0 saturated heterocycles. The number of carbonyl (C=O) groups is 2. The van der Waals surface area contributed by atoms with Crippen LogP contribution in [0.3, 0.4) is 0 Å². The fraction of sp³-hybridized carbons (Fsp3) is 0.419. The molecule has 2 rings (SSSR count). The molecule has 0 heterocycles. The number of rotatable bonds is 15. The monoisotopic (exact) mass is 723 g/mol. The first-order valence-electron chi connectivity index (χ1n) is 15.2. The number of anilines is 2. The fourth-order valence-corrected chi connectivity index (χ4v) is 3.78. The summed E-state index contributed by atoms with van der Waals surface area (Å²) in [6, 6.07) is 14.1. The van der Waals surface area contributed by atoms with Gasteiger partial charge in [-0.1, -0.05) is 49.9 Å². The number of unbranched alkanes of at least 4 members (excludes halogenated alkanes) is 3. The molecule has 2 aromatic rings. The number of hydrogen-bond donors (Lipinski definition) is 10. The molecule has 2 aromatic carbocycles. The number of guanidine groups is 4. The quantitative estimate of drug-likeness (QED) is 0.0722. The minimum atomic E-state index is -1.35. The molecule has 1 amide bonds. The van der Waals surface area contributed by atoms with E-state index < -0.39 is 23.4 Å². The molecule has 0 radical (unpaired) electrons. The highest BCUT2D eigenvalue weighted by atomic mass is 35.5. The Bertz CT molecular complexity index is 1350. The van der Waals surface area contributed by atoms with Crippen LogP contribution in [-0.4, -0.2) is 83.4 Å². The third-order valence-corrected chi connectivity index (χ3v) is 6.86. The molecular formula is C31H47Cl2N11O5. The number of hydrogen-bond acceptors (Lipinski definition) is 6. The average Bonchev–Trinajstić information content (AvgIpc) is 3.04. The Hall–Kier alpha value is -4.64. The third-order valence-electron chi connectivity index (χ3n) is 6.35. The Morgan fingerprint density at radius 3 is 1.55 bits per heavy atom. The number of aliphatic imine (C=N–C) groups is 4. The SMILES string of the molecule is CC(C)(CO)[C@@H](O)C(=O)NCCC(=O)O.NC(=NCCCCCCN=C(N)/N=C(\N)Nc1ccc(Cl)cc1)/N=C(\N)Nc1ccc(Cl)cc1. The van der Waals surface area contributed by atoms with E-state index in [1.54, 1.807) is 48.5 Å². The van der Waals surface area contributed by atoms with Gasteiger partial charge in [0, 0.05) is 46.5 Å². The number of nitrogens with two attached hydrogens (primary N) is 4. The number of aliphatic carboxylic acids is 1. The Balaban J connectivity index is 0.000000673. The number of halogens is 2. The second-order valence-electron chi connectivity index (χ2n) is 11.1. The molecule has 0 fully saturated rings. The van der Waals surface area contributed by atoms with Gasteiger partial charge in [-0.2, -0.15) is 9.98 Å². The van der Waals surface area contributed by atoms with Crippen molar-refractivity contribution in [1.29, 1.82) is 0 Å². The standard InChI is InChI=1S/C22H30Cl2N10.C9H17NO5/c23-15-5-9-17(10-6-15)31-21(27)33-19(25)29-13-3-1-2-4-14-30-20(26)34-22(28)32-18-11-7-16(24)8-12-18;1-9(2,5-11)7(14)8(15)10-4-3-6(12)13/h5-12H,1-4,13-14H2,(H5,25,27,29,31,33)(H5,26,28,30,32,34);7,11,14H,3-5H2,1-2H3,(H,10,15)(H,12,13)/t;7-/m.0/s1. The molecule has 49 heavy (non-hydrogen) atoms. The fourth-order valence-electron chi connectivity index (χ4n) is 3.53. The third kappa shape index (κ3) is 19.7. The van der Waals surface area contributed by atoms with E-state index in [1.165, 1.54) is 13.8 Å². The van der Waals surface area contributed by atoms with Gasteiger partial charge >= 0.3 is 5.97 Å². The van der Waals surface area contributed by atoms with Crippen LogP contribution in [0.1, 0.15) is 46.0 Å². The summed E-state index contributed by atoms with van der Waals surface area (Å²) in [5, 5.41) is 36.1. The van der Waals surface area contributed by atoms with Crippen molar-refractivity contribution in [2.24, 2.45) is 48.3 Å². The highest BCUT2D eigenvalue weighted by Gasteiger charge is 2.32. The Labute approximate surface area is 295 Å². The van der Waals surface area contributed by atoms with Crippen LogP contribution in [0.5, 0.6) is 0 Å². The lowest BCUT2D eigenvalue weighted by molar-refractivity contribution is -0.138. The van der Waals surface area contributed by atoms with Crippen LogP contribution in [-0.2, 0) is 9.59 Å². The molecule has 0 unspecified atom stereocenters. The van der Waals surface area contributed by atoms with E-state index in [0.29, 0.717) is 23.1 Å². The highest BCUT2D eigenvalue weighted by molar-refractivity contribution is 6.31. The van der Waals surface area contributed by atoms with Gasteiger partial charge < -0.3 is 54.2 Å². The number of nitrogens with zero attached hydrogens (tertiary/aromatic N) is 4. The van der Waals surface area contributed by atoms with Crippen molar-refractivity contribution in [3.63, 3.8) is 0 Å². The number of amides is 1. The van der Waals surface area contributed by atoms with Gasteiger partial charge in [0.15, 0.2) is 0 Å². The van der Waals surface area contributed by atoms with Crippen LogP contribution in [0.4, 0.5) is 11.4 Å². The van der Waals surface area contributed by atoms with Crippen molar-refractivity contribution in [2.45, 2.75) is 52.1 Å². The number of aliphatic hydroxyl groups is 2. The molecule has 16 nitrogen and oxygen atoms in total. The summed E-state index contributed by atoms with van der Waals surface area (Å²) in [5.41, 5.74) is 23.8. The minimum absolute atomic E-state index is 0.0350. The highest BCUT2D eigenvalue weighted by Crippen LogP contribution is 2.19. The molecule has 14 N–H and O–H groups in total. The Morgan fingerprint density at radius 1 is 0.776 bits per heavy atom. The van der Waals surface area contributed by atoms with Gasteiger partial charge in [0.2, 0.25) is 29.7 Å². The minimum Gasteiger partial charge on any atom is -0.481 e. The predicted molar refractivity (Wildman–Crippen MR) is 197 cm³/mol. The first-order chi connectivity index (χ1) is 23.1. The summed E-state index contributed by atoms with van der Waals surface area (Å²) in [6.45, 7) is 3.83. The van der Waals surface area contributed by atoms with Gasteiger partial charge in [0.1, 0.15) is 6.10 Å². The maximum absolute atomic E-state index is 11.3. The molecule has 0 aliphatic rings. The number of carboxylic acids is 1. The zero-order valence-electron chi connectivity index (χ0n) is 27.6. The molecule has 0 aliphatic carbocycles. The molecule has 0 bridgehead atoms. The van der Waals surface area contributed by atoms with Crippen molar-refractivity contribution in [2.75, 3.05) is 36.9 Å². The second-order valence-corrected chi connectivity index (χ2v) is 12.0. The zero-order valence-corrected chi connectivity index (χ0v) is 29.1. The number of aliphatic hydroxyl groups excluding tert-OH is 2. The summed E-state index contributed by atoms with van der Waals surface area (Å²) in [7, 11) is 0. The molecule has 18 heteroatoms. The summed E-state index contributed by atoms with van der Waals surface area (Å²) >= 11 is 11.7. The van der Waals surface area contributed by atoms with Crippen LogP contribution in [0.25, 0.3) is 0 Å². The lowest BCUT2D eigenvalue weighted by atomic mass is 9.87. The Kier molecular flexibility index (Phi) is 19.8. The van der Waals surface area contributed by atoms with E-state index in [2.05, 4.69) is 35.9 Å². The summed E-state index contributed by atoms with van der Waals surface area (Å²) < 4.78 is 0. The molecule has 0 spiro atoms. The zero-order chi connectivity index (χ0) is 36.8. The molecule has 270 valence electrons. The van der Waals surface area contributed by atoms with Crippen molar-refractivity contribution < 1.29 is 24.9 Å². The van der Waals surface area contributed by atoms with Crippen LogP contribution in [0.2, 0.25) is 10.0 Å². The van der Waals surface area contributed by atoms with Crippen LogP contribution in [0, 0.1) is 5.41 Å². The predicted octanol–water partition coefficient (Wildman–Crippen LogP) is 2.29. The van der Waals surface area contributed by atoms with E-state index in [1.807, 2.05) is 0 Å². The Morgan fingerprint density at radius 2 is 1.18 bits per heavy atom. The number of carboxylic acid groups (broad SMARTS) is 1. The van der Waals surface area contributed by atoms with Crippen molar-refractivity contribution in [1.82, 2.24) is 5.32 Å². The van der Waals surface area contributed by atoms with E-state index in [0.717, 1.165) is 37.1 Å². The first-order valence-corrected chi connectivity index (χ1v) is 16.0. The number of benzene rings is 2. The van der Waals surface area contributed by atoms with Gasteiger partial charge in [-0.15, -0.1) is 0 Å². The lowest BCUT2D eigenvalue weighted by Gasteiger charge is -2.26.